The zero-order chi connectivity index (χ0) is 10.2. The number of pyridine rings is 1. The maximum atomic E-state index is 12.6. The second-order valence-corrected chi connectivity index (χ2v) is 3.79. The largest absolute Gasteiger partial charge is 0.369 e. The van der Waals surface area contributed by atoms with Gasteiger partial charge in [-0.05, 0) is 12.1 Å². The summed E-state index contributed by atoms with van der Waals surface area (Å²) in [5.74, 6) is 2.04. The van der Waals surface area contributed by atoms with Gasteiger partial charge in [0.05, 0.1) is 0 Å². The summed E-state index contributed by atoms with van der Waals surface area (Å²) < 4.78 is 12.6. The third-order valence-corrected chi connectivity index (χ3v) is 2.47. The Morgan fingerprint density at radius 3 is 3.14 bits per heavy atom. The van der Waals surface area contributed by atoms with Gasteiger partial charge < -0.3 is 5.32 Å². The van der Waals surface area contributed by atoms with Gasteiger partial charge in [-0.25, -0.2) is 4.98 Å². The molecule has 1 heterocycles. The average molecular weight is 212 g/mol. The molecule has 0 radical (unpaired) electrons. The van der Waals surface area contributed by atoms with Crippen molar-refractivity contribution in [3.8, 4) is 0 Å². The number of rotatable bonds is 6. The molecule has 0 saturated heterocycles. The molecule has 0 aliphatic carbocycles. The second kappa shape index (κ2) is 6.43. The highest BCUT2D eigenvalue weighted by atomic mass is 32.2. The van der Waals surface area contributed by atoms with Crippen LogP contribution in [0.3, 0.4) is 0 Å². The predicted octanol–water partition coefficient (Wildman–Crippen LogP) is 2.55. The Morgan fingerprint density at radius 1 is 1.57 bits per heavy atom. The molecule has 0 aliphatic heterocycles. The maximum Gasteiger partial charge on any atom is 0.214 e. The van der Waals surface area contributed by atoms with Crippen molar-refractivity contribution in [2.24, 2.45) is 0 Å². The molecule has 0 amide bonds. The van der Waals surface area contributed by atoms with Gasteiger partial charge in [0.1, 0.15) is 5.82 Å². The molecule has 0 atom stereocenters. The van der Waals surface area contributed by atoms with Crippen molar-refractivity contribution >= 4 is 17.6 Å². The molecule has 0 saturated carbocycles. The topological polar surface area (TPSA) is 24.9 Å². The number of hydrogen-bond donors (Lipinski definition) is 1. The van der Waals surface area contributed by atoms with Crippen LogP contribution < -0.4 is 5.32 Å². The number of nitrogens with zero attached hydrogens (tertiary/aromatic N) is 1. The zero-order valence-electron chi connectivity index (χ0n) is 7.87. The van der Waals surface area contributed by atoms with Crippen molar-refractivity contribution in [1.82, 2.24) is 4.98 Å². The van der Waals surface area contributed by atoms with Gasteiger partial charge in [0.25, 0.3) is 0 Å². The molecule has 4 heteroatoms. The first-order valence-corrected chi connectivity index (χ1v) is 5.53. The molecular weight excluding hydrogens is 199 g/mol. The summed E-state index contributed by atoms with van der Waals surface area (Å²) in [6, 6.07) is 4.72. The summed E-state index contributed by atoms with van der Waals surface area (Å²) in [5, 5.41) is 3.04. The Kier molecular flexibility index (Phi) is 5.07. The lowest BCUT2D eigenvalue weighted by Crippen LogP contribution is -2.06. The van der Waals surface area contributed by atoms with E-state index < -0.39 is 5.95 Å². The van der Waals surface area contributed by atoms with Crippen LogP contribution in [0.2, 0.25) is 0 Å². The molecule has 1 aromatic rings. The Labute approximate surface area is 87.6 Å². The minimum Gasteiger partial charge on any atom is -0.369 e. The SMILES string of the molecule is C=CCSCCNc1cccc(F)n1. The van der Waals surface area contributed by atoms with Crippen molar-refractivity contribution in [2.45, 2.75) is 0 Å². The van der Waals surface area contributed by atoms with Crippen LogP contribution in [-0.4, -0.2) is 23.0 Å². The normalized spacial score (nSPS) is 9.79. The number of thioether (sulfide) groups is 1. The van der Waals surface area contributed by atoms with E-state index in [1.165, 1.54) is 6.07 Å². The standard InChI is InChI=1S/C10H13FN2S/c1-2-7-14-8-6-12-10-5-3-4-9(11)13-10/h2-5H,1,6-8H2,(H,12,13). The van der Waals surface area contributed by atoms with Gasteiger partial charge in [0, 0.05) is 18.1 Å². The van der Waals surface area contributed by atoms with Crippen LogP contribution in [0.4, 0.5) is 10.2 Å². The van der Waals surface area contributed by atoms with Gasteiger partial charge >= 0.3 is 0 Å². The Hall–Kier alpha value is -1.03. The van der Waals surface area contributed by atoms with Crippen molar-refractivity contribution in [3.63, 3.8) is 0 Å². The molecule has 76 valence electrons. The lowest BCUT2D eigenvalue weighted by Gasteiger charge is -2.03. The number of nitrogens with one attached hydrogen (secondary N) is 1. The van der Waals surface area contributed by atoms with E-state index in [1.807, 2.05) is 6.08 Å². The Balaban J connectivity index is 2.21. The summed E-state index contributed by atoms with van der Waals surface area (Å²) in [7, 11) is 0. The number of aromatic nitrogens is 1. The number of halogens is 1. The molecule has 0 fully saturated rings. The summed E-state index contributed by atoms with van der Waals surface area (Å²) in [6.07, 6.45) is 1.87. The fourth-order valence-electron chi connectivity index (χ4n) is 0.925. The molecule has 14 heavy (non-hydrogen) atoms. The van der Waals surface area contributed by atoms with Crippen LogP contribution >= 0.6 is 11.8 Å². The Morgan fingerprint density at radius 2 is 2.43 bits per heavy atom. The highest BCUT2D eigenvalue weighted by Gasteiger charge is 1.94. The highest BCUT2D eigenvalue weighted by Crippen LogP contribution is 2.04. The summed E-state index contributed by atoms with van der Waals surface area (Å²) in [6.45, 7) is 4.41. The van der Waals surface area contributed by atoms with Gasteiger partial charge in [0.15, 0.2) is 0 Å². The first-order valence-electron chi connectivity index (χ1n) is 4.38. The summed E-state index contributed by atoms with van der Waals surface area (Å²) in [4.78, 5) is 3.68. The van der Waals surface area contributed by atoms with Crippen molar-refractivity contribution in [3.05, 3.63) is 36.8 Å². The van der Waals surface area contributed by atoms with Gasteiger partial charge in [-0.1, -0.05) is 12.1 Å². The van der Waals surface area contributed by atoms with E-state index in [-0.39, 0.29) is 0 Å². The predicted molar refractivity (Wildman–Crippen MR) is 60.2 cm³/mol. The molecule has 1 aromatic heterocycles. The third-order valence-electron chi connectivity index (χ3n) is 1.50. The van der Waals surface area contributed by atoms with Crippen LogP contribution in [0, 0.1) is 5.95 Å². The van der Waals surface area contributed by atoms with Gasteiger partial charge in [-0.2, -0.15) is 16.2 Å². The molecular formula is C10H13FN2S. The summed E-state index contributed by atoms with van der Waals surface area (Å²) >= 11 is 1.77. The lowest BCUT2D eigenvalue weighted by atomic mass is 10.4. The van der Waals surface area contributed by atoms with E-state index >= 15 is 0 Å². The maximum absolute atomic E-state index is 12.6. The van der Waals surface area contributed by atoms with Crippen molar-refractivity contribution in [1.29, 1.82) is 0 Å². The molecule has 0 aliphatic rings. The van der Waals surface area contributed by atoms with Crippen LogP contribution in [0.15, 0.2) is 30.9 Å². The molecule has 0 aromatic carbocycles. The van der Waals surface area contributed by atoms with Gasteiger partial charge in [-0.15, -0.1) is 6.58 Å². The van der Waals surface area contributed by atoms with Crippen molar-refractivity contribution < 1.29 is 4.39 Å². The monoisotopic (exact) mass is 212 g/mol. The van der Waals surface area contributed by atoms with Gasteiger partial charge in [-0.3, -0.25) is 0 Å². The van der Waals surface area contributed by atoms with Crippen LogP contribution in [0.25, 0.3) is 0 Å². The molecule has 0 unspecified atom stereocenters. The van der Waals surface area contributed by atoms with E-state index in [0.29, 0.717) is 5.82 Å². The van der Waals surface area contributed by atoms with Crippen molar-refractivity contribution in [2.75, 3.05) is 23.4 Å². The third kappa shape index (κ3) is 4.28. The molecule has 0 bridgehead atoms. The van der Waals surface area contributed by atoms with Crippen LogP contribution in [0.1, 0.15) is 0 Å². The quantitative estimate of drug-likeness (QED) is 0.445. The van der Waals surface area contributed by atoms with Gasteiger partial charge in [0.2, 0.25) is 5.95 Å². The Bertz CT molecular complexity index is 291. The molecule has 0 spiro atoms. The number of hydrogen-bond acceptors (Lipinski definition) is 3. The summed E-state index contributed by atoms with van der Waals surface area (Å²) in [5.41, 5.74) is 0. The first-order chi connectivity index (χ1) is 6.83. The van der Waals surface area contributed by atoms with E-state index in [0.717, 1.165) is 18.1 Å². The zero-order valence-corrected chi connectivity index (χ0v) is 8.69. The van der Waals surface area contributed by atoms with E-state index in [9.17, 15) is 4.39 Å². The fraction of sp³-hybridized carbons (Fsp3) is 0.300. The molecule has 1 N–H and O–H groups in total. The van der Waals surface area contributed by atoms with Crippen LogP contribution in [-0.2, 0) is 0 Å². The lowest BCUT2D eigenvalue weighted by molar-refractivity contribution is 0.585. The van der Waals surface area contributed by atoms with E-state index in [1.54, 1.807) is 23.9 Å². The molecule has 1 rings (SSSR count). The molecule has 2 nitrogen and oxygen atoms in total. The van der Waals surface area contributed by atoms with Crippen LogP contribution in [0.5, 0.6) is 0 Å². The highest BCUT2D eigenvalue weighted by molar-refractivity contribution is 7.99. The minimum absolute atomic E-state index is 0.450. The first kappa shape index (κ1) is 11.0. The van der Waals surface area contributed by atoms with E-state index in [4.69, 9.17) is 0 Å². The van der Waals surface area contributed by atoms with E-state index in [2.05, 4.69) is 16.9 Å². The minimum atomic E-state index is -0.450. The fourth-order valence-corrected chi connectivity index (χ4v) is 1.50. The smallest absolute Gasteiger partial charge is 0.214 e. The number of anilines is 1. The average Bonchev–Trinajstić information content (AvgIpc) is 2.18. The second-order valence-electron chi connectivity index (χ2n) is 2.64.